The fourth-order valence-corrected chi connectivity index (χ4v) is 1.41. The molecule has 0 saturated heterocycles. The van der Waals surface area contributed by atoms with Gasteiger partial charge in [-0.2, -0.15) is 0 Å². The number of anilines is 1. The van der Waals surface area contributed by atoms with Crippen molar-refractivity contribution in [3.8, 4) is 0 Å². The maximum Gasteiger partial charge on any atom is 0.348 e. The summed E-state index contributed by atoms with van der Waals surface area (Å²) in [5, 5.41) is 13.6. The standard InChI is InChI=1S/C8H9ClN4O2/c1-8(2-3-8)12-7-5(13(14)15)6(9)10-4-11-7/h4H,2-3H2,1H3,(H,10,11,12). The highest BCUT2D eigenvalue weighted by Crippen LogP contribution is 2.40. The van der Waals surface area contributed by atoms with Crippen molar-refractivity contribution < 1.29 is 4.92 Å². The van der Waals surface area contributed by atoms with E-state index in [2.05, 4.69) is 15.3 Å². The van der Waals surface area contributed by atoms with Crippen LogP contribution in [0.25, 0.3) is 0 Å². The van der Waals surface area contributed by atoms with Crippen LogP contribution in [0.2, 0.25) is 5.15 Å². The molecule has 15 heavy (non-hydrogen) atoms. The molecule has 0 atom stereocenters. The van der Waals surface area contributed by atoms with Crippen LogP contribution < -0.4 is 5.32 Å². The number of rotatable bonds is 3. The van der Waals surface area contributed by atoms with E-state index in [4.69, 9.17) is 11.6 Å². The molecule has 0 aromatic carbocycles. The molecule has 0 unspecified atom stereocenters. The van der Waals surface area contributed by atoms with Gasteiger partial charge in [-0.25, -0.2) is 9.97 Å². The van der Waals surface area contributed by atoms with Crippen molar-refractivity contribution in [3.63, 3.8) is 0 Å². The van der Waals surface area contributed by atoms with Crippen LogP contribution in [0.4, 0.5) is 11.5 Å². The van der Waals surface area contributed by atoms with Gasteiger partial charge in [0, 0.05) is 5.54 Å². The van der Waals surface area contributed by atoms with Crippen LogP contribution in [0.1, 0.15) is 19.8 Å². The molecule has 7 heteroatoms. The average Bonchev–Trinajstić information content (AvgIpc) is 2.82. The third kappa shape index (κ3) is 1.99. The molecule has 0 amide bonds. The highest BCUT2D eigenvalue weighted by molar-refractivity contribution is 6.31. The van der Waals surface area contributed by atoms with Gasteiger partial charge in [0.25, 0.3) is 0 Å². The lowest BCUT2D eigenvalue weighted by Crippen LogP contribution is -2.18. The van der Waals surface area contributed by atoms with E-state index >= 15 is 0 Å². The fourth-order valence-electron chi connectivity index (χ4n) is 1.21. The molecular weight excluding hydrogens is 220 g/mol. The Balaban J connectivity index is 2.37. The van der Waals surface area contributed by atoms with Crippen molar-refractivity contribution >= 4 is 23.1 Å². The van der Waals surface area contributed by atoms with Crippen molar-refractivity contribution in [2.24, 2.45) is 0 Å². The predicted octanol–water partition coefficient (Wildman–Crippen LogP) is 2.00. The van der Waals surface area contributed by atoms with Crippen LogP contribution >= 0.6 is 11.6 Å². The van der Waals surface area contributed by atoms with Crippen LogP contribution in [0, 0.1) is 10.1 Å². The van der Waals surface area contributed by atoms with Crippen LogP contribution in [-0.4, -0.2) is 20.4 Å². The van der Waals surface area contributed by atoms with Gasteiger partial charge in [0.2, 0.25) is 11.0 Å². The summed E-state index contributed by atoms with van der Waals surface area (Å²) in [6.07, 6.45) is 3.17. The number of nitrogens with zero attached hydrogens (tertiary/aromatic N) is 3. The molecule has 2 rings (SSSR count). The van der Waals surface area contributed by atoms with E-state index < -0.39 is 4.92 Å². The zero-order chi connectivity index (χ0) is 11.1. The number of nitrogens with one attached hydrogen (secondary N) is 1. The lowest BCUT2D eigenvalue weighted by atomic mass is 10.3. The second-order valence-electron chi connectivity index (χ2n) is 3.80. The minimum absolute atomic E-state index is 0.0809. The Bertz CT molecular complexity index is 419. The van der Waals surface area contributed by atoms with Crippen LogP contribution in [0.15, 0.2) is 6.33 Å². The van der Waals surface area contributed by atoms with Gasteiger partial charge in [0.1, 0.15) is 6.33 Å². The summed E-state index contributed by atoms with van der Waals surface area (Å²) >= 11 is 5.64. The van der Waals surface area contributed by atoms with Gasteiger partial charge < -0.3 is 5.32 Å². The number of nitro groups is 1. The normalized spacial score (nSPS) is 17.2. The Hall–Kier alpha value is -1.43. The predicted molar refractivity (Wildman–Crippen MR) is 55.0 cm³/mol. The number of aromatic nitrogens is 2. The molecule has 1 N–H and O–H groups in total. The summed E-state index contributed by atoms with van der Waals surface area (Å²) in [5.41, 5.74) is -0.338. The molecule has 0 bridgehead atoms. The molecule has 6 nitrogen and oxygen atoms in total. The second kappa shape index (κ2) is 3.30. The van der Waals surface area contributed by atoms with Crippen LogP contribution in [0.3, 0.4) is 0 Å². The van der Waals surface area contributed by atoms with Crippen molar-refractivity contribution in [1.82, 2.24) is 9.97 Å². The molecule has 1 aliphatic rings. The van der Waals surface area contributed by atoms with E-state index in [-0.39, 0.29) is 22.2 Å². The van der Waals surface area contributed by atoms with E-state index in [0.717, 1.165) is 12.8 Å². The summed E-state index contributed by atoms with van der Waals surface area (Å²) < 4.78 is 0. The van der Waals surface area contributed by atoms with Gasteiger partial charge in [-0.05, 0) is 19.8 Å². The topological polar surface area (TPSA) is 81.0 Å². The first kappa shape index (κ1) is 10.1. The van der Waals surface area contributed by atoms with Crippen molar-refractivity contribution in [2.75, 3.05) is 5.32 Å². The minimum Gasteiger partial charge on any atom is -0.359 e. The zero-order valence-corrected chi connectivity index (χ0v) is 8.78. The molecule has 1 aromatic rings. The molecule has 0 spiro atoms. The highest BCUT2D eigenvalue weighted by Gasteiger charge is 2.39. The third-order valence-electron chi connectivity index (χ3n) is 2.38. The first-order valence-corrected chi connectivity index (χ1v) is 4.83. The van der Waals surface area contributed by atoms with Crippen molar-refractivity contribution in [2.45, 2.75) is 25.3 Å². The fraction of sp³-hybridized carbons (Fsp3) is 0.500. The van der Waals surface area contributed by atoms with E-state index in [1.54, 1.807) is 0 Å². The first-order valence-electron chi connectivity index (χ1n) is 4.45. The van der Waals surface area contributed by atoms with E-state index in [1.807, 2.05) is 6.92 Å². The third-order valence-corrected chi connectivity index (χ3v) is 2.66. The summed E-state index contributed by atoms with van der Waals surface area (Å²) in [7, 11) is 0. The minimum atomic E-state index is -0.573. The van der Waals surface area contributed by atoms with Crippen molar-refractivity contribution in [1.29, 1.82) is 0 Å². The van der Waals surface area contributed by atoms with E-state index in [1.165, 1.54) is 6.33 Å². The van der Waals surface area contributed by atoms with Gasteiger partial charge in [-0.1, -0.05) is 11.6 Å². The second-order valence-corrected chi connectivity index (χ2v) is 4.16. The molecule has 1 heterocycles. The summed E-state index contributed by atoms with van der Waals surface area (Å²) in [5.74, 6) is 0.194. The maximum atomic E-state index is 10.7. The van der Waals surface area contributed by atoms with Gasteiger partial charge in [-0.15, -0.1) is 0 Å². The van der Waals surface area contributed by atoms with E-state index in [9.17, 15) is 10.1 Å². The number of hydrogen-bond donors (Lipinski definition) is 1. The highest BCUT2D eigenvalue weighted by atomic mass is 35.5. The average molecular weight is 229 g/mol. The molecule has 1 aromatic heterocycles. The van der Waals surface area contributed by atoms with Crippen LogP contribution in [0.5, 0.6) is 0 Å². The largest absolute Gasteiger partial charge is 0.359 e. The summed E-state index contributed by atoms with van der Waals surface area (Å²) in [6, 6.07) is 0. The molecule has 80 valence electrons. The van der Waals surface area contributed by atoms with Gasteiger partial charge >= 0.3 is 5.69 Å². The quantitative estimate of drug-likeness (QED) is 0.486. The Labute approximate surface area is 90.8 Å². The Morgan fingerprint density at radius 3 is 2.80 bits per heavy atom. The smallest absolute Gasteiger partial charge is 0.348 e. The number of halogens is 1. The molecular formula is C8H9ClN4O2. The van der Waals surface area contributed by atoms with Gasteiger partial charge in [-0.3, -0.25) is 10.1 Å². The first-order chi connectivity index (χ1) is 7.02. The maximum absolute atomic E-state index is 10.7. The SMILES string of the molecule is CC1(Nc2ncnc(Cl)c2[N+](=O)[O-])CC1. The summed E-state index contributed by atoms with van der Waals surface area (Å²) in [6.45, 7) is 1.98. The zero-order valence-electron chi connectivity index (χ0n) is 8.03. The number of hydrogen-bond acceptors (Lipinski definition) is 5. The monoisotopic (exact) mass is 228 g/mol. The van der Waals surface area contributed by atoms with Crippen LogP contribution in [-0.2, 0) is 0 Å². The van der Waals surface area contributed by atoms with E-state index in [0.29, 0.717) is 0 Å². The Morgan fingerprint density at radius 1 is 1.60 bits per heavy atom. The molecule has 1 aliphatic carbocycles. The molecule has 0 aliphatic heterocycles. The van der Waals surface area contributed by atoms with Crippen molar-refractivity contribution in [3.05, 3.63) is 21.6 Å². The Morgan fingerprint density at radius 2 is 2.27 bits per heavy atom. The lowest BCUT2D eigenvalue weighted by molar-refractivity contribution is -0.384. The molecule has 1 saturated carbocycles. The van der Waals surface area contributed by atoms with Gasteiger partial charge in [0.15, 0.2) is 0 Å². The Kier molecular flexibility index (Phi) is 2.22. The van der Waals surface area contributed by atoms with Gasteiger partial charge in [0.05, 0.1) is 4.92 Å². The lowest BCUT2D eigenvalue weighted by Gasteiger charge is -2.11. The summed E-state index contributed by atoms with van der Waals surface area (Å²) in [4.78, 5) is 17.6. The molecule has 0 radical (unpaired) electrons. The molecule has 1 fully saturated rings.